The zero-order chi connectivity index (χ0) is 18.1. The molecule has 136 valence electrons. The number of anilines is 1. The molecule has 0 bridgehead atoms. The van der Waals surface area contributed by atoms with E-state index in [2.05, 4.69) is 11.8 Å². The highest BCUT2D eigenvalue weighted by Crippen LogP contribution is 2.31. The minimum absolute atomic E-state index is 0.0121. The first-order chi connectivity index (χ1) is 12.6. The normalized spacial score (nSPS) is 19.4. The molecule has 4 rings (SSSR count). The third kappa shape index (κ3) is 3.31. The van der Waals surface area contributed by atoms with Crippen LogP contribution in [-0.4, -0.2) is 49.7 Å². The molecule has 2 aromatic rings. The van der Waals surface area contributed by atoms with Gasteiger partial charge in [0, 0.05) is 36.9 Å². The van der Waals surface area contributed by atoms with E-state index in [4.69, 9.17) is 21.1 Å². The van der Waals surface area contributed by atoms with Crippen LogP contribution >= 0.6 is 11.6 Å². The molecule has 2 aromatic carbocycles. The summed E-state index contributed by atoms with van der Waals surface area (Å²) in [5.74, 6) is 1.31. The molecule has 2 aliphatic rings. The summed E-state index contributed by atoms with van der Waals surface area (Å²) in [7, 11) is 0. The smallest absolute Gasteiger partial charge is 0.267 e. The van der Waals surface area contributed by atoms with Crippen molar-refractivity contribution >= 4 is 23.2 Å². The molecule has 0 N–H and O–H groups in total. The number of hydrogen-bond acceptors (Lipinski definition) is 4. The third-order valence-electron chi connectivity index (χ3n) is 4.89. The van der Waals surface area contributed by atoms with Crippen molar-refractivity contribution in [2.75, 3.05) is 37.7 Å². The Morgan fingerprint density at radius 1 is 1.08 bits per heavy atom. The van der Waals surface area contributed by atoms with Gasteiger partial charge in [0.15, 0.2) is 11.5 Å². The molecule has 5 nitrogen and oxygen atoms in total. The Kier molecular flexibility index (Phi) is 4.64. The lowest BCUT2D eigenvalue weighted by molar-refractivity contribution is -0.141. The number of aryl methyl sites for hydroxylation is 1. The number of rotatable bonds is 2. The highest BCUT2D eigenvalue weighted by atomic mass is 35.5. The summed E-state index contributed by atoms with van der Waals surface area (Å²) in [6, 6.07) is 13.4. The molecule has 1 amide bonds. The second-order valence-corrected chi connectivity index (χ2v) is 7.04. The van der Waals surface area contributed by atoms with E-state index in [1.54, 1.807) is 0 Å². The van der Waals surface area contributed by atoms with Gasteiger partial charge in [-0.2, -0.15) is 0 Å². The minimum Gasteiger partial charge on any atom is -0.485 e. The second kappa shape index (κ2) is 7.08. The summed E-state index contributed by atoms with van der Waals surface area (Å²) in [5, 5.41) is 0.732. The Hall–Kier alpha value is -2.40. The Bertz CT molecular complexity index is 818. The van der Waals surface area contributed by atoms with Crippen LogP contribution in [-0.2, 0) is 4.79 Å². The van der Waals surface area contributed by atoms with Gasteiger partial charge in [-0.15, -0.1) is 0 Å². The SMILES string of the molecule is Cc1ccc(Cl)cc1N1CCN(C(=O)C2COc3ccccc3O2)CC1. The fourth-order valence-electron chi connectivity index (χ4n) is 3.44. The van der Waals surface area contributed by atoms with E-state index in [9.17, 15) is 4.79 Å². The number of halogens is 1. The van der Waals surface area contributed by atoms with Crippen molar-refractivity contribution in [3.05, 3.63) is 53.1 Å². The van der Waals surface area contributed by atoms with Gasteiger partial charge in [0.05, 0.1) is 0 Å². The molecule has 0 aromatic heterocycles. The van der Waals surface area contributed by atoms with Crippen molar-refractivity contribution in [3.63, 3.8) is 0 Å². The number of nitrogens with zero attached hydrogens (tertiary/aromatic N) is 2. The molecule has 0 aliphatic carbocycles. The van der Waals surface area contributed by atoms with Crippen molar-refractivity contribution in [1.82, 2.24) is 4.90 Å². The molecule has 2 aliphatic heterocycles. The second-order valence-electron chi connectivity index (χ2n) is 6.61. The van der Waals surface area contributed by atoms with Crippen LogP contribution in [0.5, 0.6) is 11.5 Å². The molecule has 6 heteroatoms. The molecule has 0 radical (unpaired) electrons. The summed E-state index contributed by atoms with van der Waals surface area (Å²) in [5.41, 5.74) is 2.32. The van der Waals surface area contributed by atoms with Gasteiger partial charge >= 0.3 is 0 Å². The van der Waals surface area contributed by atoms with Crippen LogP contribution in [0.4, 0.5) is 5.69 Å². The highest BCUT2D eigenvalue weighted by molar-refractivity contribution is 6.30. The van der Waals surface area contributed by atoms with Gasteiger partial charge in [0.25, 0.3) is 5.91 Å². The predicted molar refractivity (Wildman–Crippen MR) is 101 cm³/mol. The quantitative estimate of drug-likeness (QED) is 0.812. The van der Waals surface area contributed by atoms with Gasteiger partial charge in [-0.25, -0.2) is 0 Å². The van der Waals surface area contributed by atoms with Crippen LogP contribution in [0.25, 0.3) is 0 Å². The van der Waals surface area contributed by atoms with E-state index in [0.29, 0.717) is 24.6 Å². The first-order valence-electron chi connectivity index (χ1n) is 8.80. The van der Waals surface area contributed by atoms with Crippen molar-refractivity contribution < 1.29 is 14.3 Å². The van der Waals surface area contributed by atoms with Crippen molar-refractivity contribution in [2.24, 2.45) is 0 Å². The van der Waals surface area contributed by atoms with E-state index in [1.165, 1.54) is 5.56 Å². The summed E-state index contributed by atoms with van der Waals surface area (Å²) < 4.78 is 11.5. The Balaban J connectivity index is 1.39. The molecule has 0 spiro atoms. The number of para-hydroxylation sites is 2. The number of ether oxygens (including phenoxy) is 2. The standard InChI is InChI=1S/C20H21ClN2O3/c1-14-6-7-15(21)12-16(14)22-8-10-23(11-9-22)20(24)19-13-25-17-4-2-3-5-18(17)26-19/h2-7,12,19H,8-11,13H2,1H3. The maximum Gasteiger partial charge on any atom is 0.267 e. The van der Waals surface area contributed by atoms with Gasteiger partial charge < -0.3 is 19.3 Å². The number of hydrogen-bond donors (Lipinski definition) is 0. The van der Waals surface area contributed by atoms with Crippen molar-refractivity contribution in [3.8, 4) is 11.5 Å². The van der Waals surface area contributed by atoms with Crippen LogP contribution < -0.4 is 14.4 Å². The molecule has 2 heterocycles. The number of benzene rings is 2. The third-order valence-corrected chi connectivity index (χ3v) is 5.12. The zero-order valence-electron chi connectivity index (χ0n) is 14.7. The number of fused-ring (bicyclic) bond motifs is 1. The fraction of sp³-hybridized carbons (Fsp3) is 0.350. The maximum atomic E-state index is 12.8. The average Bonchev–Trinajstić information content (AvgIpc) is 2.69. The first-order valence-corrected chi connectivity index (χ1v) is 9.18. The lowest BCUT2D eigenvalue weighted by Gasteiger charge is -2.38. The predicted octanol–water partition coefficient (Wildman–Crippen LogP) is 3.14. The van der Waals surface area contributed by atoms with Crippen LogP contribution in [0.1, 0.15) is 5.56 Å². The number of piperazine rings is 1. The lowest BCUT2D eigenvalue weighted by Crippen LogP contribution is -2.54. The molecule has 1 atom stereocenters. The molecular formula is C20H21ClN2O3. The highest BCUT2D eigenvalue weighted by Gasteiger charge is 2.32. The Labute approximate surface area is 158 Å². The number of amides is 1. The van der Waals surface area contributed by atoms with Crippen LogP contribution in [0, 0.1) is 6.92 Å². The minimum atomic E-state index is -0.579. The molecule has 26 heavy (non-hydrogen) atoms. The maximum absolute atomic E-state index is 12.8. The summed E-state index contributed by atoms with van der Waals surface area (Å²) >= 11 is 6.14. The van der Waals surface area contributed by atoms with Crippen molar-refractivity contribution in [2.45, 2.75) is 13.0 Å². The van der Waals surface area contributed by atoms with Gasteiger partial charge in [-0.1, -0.05) is 29.8 Å². The Morgan fingerprint density at radius 2 is 1.81 bits per heavy atom. The van der Waals surface area contributed by atoms with Gasteiger partial charge in [0.1, 0.15) is 6.61 Å². The van der Waals surface area contributed by atoms with Crippen LogP contribution in [0.2, 0.25) is 5.02 Å². The van der Waals surface area contributed by atoms with E-state index in [0.717, 1.165) is 23.8 Å². The Morgan fingerprint density at radius 3 is 2.58 bits per heavy atom. The molecular weight excluding hydrogens is 352 g/mol. The summed E-state index contributed by atoms with van der Waals surface area (Å²) in [6.45, 7) is 5.20. The fourth-order valence-corrected chi connectivity index (χ4v) is 3.60. The van der Waals surface area contributed by atoms with Gasteiger partial charge in [0.2, 0.25) is 6.10 Å². The topological polar surface area (TPSA) is 42.0 Å². The monoisotopic (exact) mass is 372 g/mol. The van der Waals surface area contributed by atoms with E-state index < -0.39 is 6.10 Å². The molecule has 1 saturated heterocycles. The van der Waals surface area contributed by atoms with E-state index in [-0.39, 0.29) is 12.5 Å². The summed E-state index contributed by atoms with van der Waals surface area (Å²) in [6.07, 6.45) is -0.579. The van der Waals surface area contributed by atoms with Crippen LogP contribution in [0.15, 0.2) is 42.5 Å². The number of carbonyl (C=O) groups is 1. The van der Waals surface area contributed by atoms with Gasteiger partial charge in [-0.3, -0.25) is 4.79 Å². The first kappa shape index (κ1) is 17.0. The van der Waals surface area contributed by atoms with Gasteiger partial charge in [-0.05, 0) is 36.8 Å². The summed E-state index contributed by atoms with van der Waals surface area (Å²) in [4.78, 5) is 16.9. The molecule has 1 unspecified atom stereocenters. The van der Waals surface area contributed by atoms with E-state index >= 15 is 0 Å². The lowest BCUT2D eigenvalue weighted by atomic mass is 10.1. The average molecular weight is 373 g/mol. The number of carbonyl (C=O) groups excluding carboxylic acids is 1. The van der Waals surface area contributed by atoms with E-state index in [1.807, 2.05) is 47.4 Å². The molecule has 1 fully saturated rings. The van der Waals surface area contributed by atoms with Crippen molar-refractivity contribution in [1.29, 1.82) is 0 Å². The largest absolute Gasteiger partial charge is 0.485 e. The molecule has 0 saturated carbocycles. The zero-order valence-corrected chi connectivity index (χ0v) is 15.4. The van der Waals surface area contributed by atoms with Crippen LogP contribution in [0.3, 0.4) is 0 Å².